The number of ether oxygens (including phenoxy) is 3. The lowest BCUT2D eigenvalue weighted by Crippen LogP contribution is -2.32. The Morgan fingerprint density at radius 1 is 1.18 bits per heavy atom. The zero-order valence-corrected chi connectivity index (χ0v) is 25.5. The van der Waals surface area contributed by atoms with Crippen LogP contribution in [-0.4, -0.2) is 51.2 Å². The molecular formula is C33H37FN6O4. The number of hydrogen-bond donors (Lipinski definition) is 1. The van der Waals surface area contributed by atoms with Gasteiger partial charge in [0.2, 0.25) is 0 Å². The molecule has 1 aromatic carbocycles. The van der Waals surface area contributed by atoms with E-state index in [2.05, 4.69) is 25.2 Å². The lowest BCUT2D eigenvalue weighted by atomic mass is 9.86. The second-order valence-corrected chi connectivity index (χ2v) is 12.5. The van der Waals surface area contributed by atoms with Gasteiger partial charge in [-0.15, -0.1) is 0 Å². The smallest absolute Gasteiger partial charge is 0.306 e. The minimum atomic E-state index is -0.479. The molecule has 230 valence electrons. The highest BCUT2D eigenvalue weighted by Crippen LogP contribution is 2.39. The molecule has 1 fully saturated rings. The van der Waals surface area contributed by atoms with Crippen LogP contribution in [0.25, 0.3) is 11.0 Å². The number of halogens is 1. The highest BCUT2D eigenvalue weighted by Gasteiger charge is 2.33. The Hall–Kier alpha value is -4.54. The van der Waals surface area contributed by atoms with Crippen LogP contribution in [0, 0.1) is 24.6 Å². The monoisotopic (exact) mass is 600 g/mol. The molecule has 10 nitrogen and oxygen atoms in total. The molecule has 44 heavy (non-hydrogen) atoms. The summed E-state index contributed by atoms with van der Waals surface area (Å²) in [4.78, 5) is 32.6. The number of anilines is 3. The molecule has 2 atom stereocenters. The van der Waals surface area contributed by atoms with Gasteiger partial charge in [0.05, 0.1) is 24.5 Å². The van der Waals surface area contributed by atoms with Gasteiger partial charge in [0.25, 0.3) is 0 Å². The van der Waals surface area contributed by atoms with E-state index < -0.39 is 11.4 Å². The van der Waals surface area contributed by atoms with Crippen molar-refractivity contribution in [3.05, 3.63) is 60.4 Å². The number of benzene rings is 1. The Morgan fingerprint density at radius 2 is 2.05 bits per heavy atom. The molecule has 6 rings (SSSR count). The maximum absolute atomic E-state index is 13.5. The van der Waals surface area contributed by atoms with Crippen molar-refractivity contribution in [2.24, 2.45) is 11.8 Å². The fraction of sp³-hybridized carbons (Fsp3) is 0.424. The van der Waals surface area contributed by atoms with Crippen LogP contribution in [0.4, 0.5) is 21.7 Å². The van der Waals surface area contributed by atoms with Gasteiger partial charge in [-0.3, -0.25) is 9.78 Å². The number of fused-ring (bicyclic) bond motifs is 5. The van der Waals surface area contributed by atoms with Gasteiger partial charge in [0.15, 0.2) is 17.4 Å². The van der Waals surface area contributed by atoms with Gasteiger partial charge in [-0.2, -0.15) is 0 Å². The van der Waals surface area contributed by atoms with Gasteiger partial charge in [-0.05, 0) is 76.6 Å². The molecule has 0 saturated carbocycles. The van der Waals surface area contributed by atoms with Crippen LogP contribution >= 0.6 is 0 Å². The first kappa shape index (κ1) is 29.5. The maximum atomic E-state index is 13.5. The van der Waals surface area contributed by atoms with Gasteiger partial charge < -0.3 is 24.4 Å². The van der Waals surface area contributed by atoms with Crippen LogP contribution in [-0.2, 0) is 9.53 Å². The fourth-order valence-corrected chi connectivity index (χ4v) is 5.89. The van der Waals surface area contributed by atoms with Gasteiger partial charge in [0, 0.05) is 43.2 Å². The summed E-state index contributed by atoms with van der Waals surface area (Å²) in [5.41, 5.74) is 2.48. The van der Waals surface area contributed by atoms with Crippen molar-refractivity contribution in [1.82, 2.24) is 19.9 Å². The van der Waals surface area contributed by atoms with Crippen molar-refractivity contribution in [3.63, 3.8) is 0 Å². The average molecular weight is 601 g/mol. The van der Waals surface area contributed by atoms with Gasteiger partial charge in [-0.1, -0.05) is 0 Å². The van der Waals surface area contributed by atoms with Crippen LogP contribution in [0.15, 0.2) is 49.1 Å². The normalized spacial score (nSPS) is 18.1. The molecule has 1 unspecified atom stereocenters. The van der Waals surface area contributed by atoms with Crippen LogP contribution in [0.5, 0.6) is 17.2 Å². The molecule has 2 aliphatic heterocycles. The van der Waals surface area contributed by atoms with E-state index in [1.165, 1.54) is 18.6 Å². The maximum Gasteiger partial charge on any atom is 0.306 e. The lowest BCUT2D eigenvalue weighted by molar-refractivity contribution is -0.155. The molecule has 1 saturated heterocycles. The van der Waals surface area contributed by atoms with Crippen LogP contribution in [0.1, 0.15) is 52.0 Å². The summed E-state index contributed by atoms with van der Waals surface area (Å²) in [5.74, 6) is 3.02. The van der Waals surface area contributed by atoms with E-state index in [4.69, 9.17) is 19.2 Å². The zero-order valence-electron chi connectivity index (χ0n) is 25.5. The molecule has 0 aliphatic carbocycles. The third-order valence-corrected chi connectivity index (χ3v) is 7.92. The van der Waals surface area contributed by atoms with Crippen molar-refractivity contribution in [1.29, 1.82) is 0 Å². The molecule has 11 heteroatoms. The van der Waals surface area contributed by atoms with Crippen LogP contribution in [0.3, 0.4) is 0 Å². The predicted octanol–water partition coefficient (Wildman–Crippen LogP) is 6.75. The Morgan fingerprint density at radius 3 is 2.84 bits per heavy atom. The van der Waals surface area contributed by atoms with E-state index in [1.54, 1.807) is 0 Å². The SMILES string of the molecule is Cc1cc(Nc2ncnc3cc4c(nc23)N2CCCC(CCC(=O)OC(C)(C)C)[C@H](CO4)C2)ccc1Oc1cncc(F)c1. The predicted molar refractivity (Wildman–Crippen MR) is 165 cm³/mol. The number of nitrogens with one attached hydrogen (secondary N) is 1. The van der Waals surface area contributed by atoms with E-state index in [0.717, 1.165) is 55.6 Å². The first-order valence-electron chi connectivity index (χ1n) is 15.0. The van der Waals surface area contributed by atoms with Crippen molar-refractivity contribution < 1.29 is 23.4 Å². The standard InChI is InChI=1S/C33H37FN6O4/c1-20-12-24(8-9-27(20)43-25-13-23(34)15-35-16-25)38-31-30-26(36-19-37-31)14-28-32(39-30)40-11-5-6-21(22(17-40)18-42-28)7-10-29(41)44-33(2,3)4/h8-9,12-16,19,21-22H,5-7,10-11,17-18H2,1-4H3,(H,36,37,38)/t21?,22-/m0/s1. The van der Waals surface area contributed by atoms with E-state index in [-0.39, 0.29) is 11.9 Å². The highest BCUT2D eigenvalue weighted by atomic mass is 19.1. The summed E-state index contributed by atoms with van der Waals surface area (Å²) in [6, 6.07) is 8.84. The minimum Gasteiger partial charge on any atom is -0.489 e. The number of aryl methyl sites for hydroxylation is 1. The molecule has 0 radical (unpaired) electrons. The van der Waals surface area contributed by atoms with Crippen LogP contribution < -0.4 is 19.7 Å². The van der Waals surface area contributed by atoms with Crippen molar-refractivity contribution in [2.75, 3.05) is 29.9 Å². The molecule has 3 aromatic heterocycles. The average Bonchev–Trinajstić information content (AvgIpc) is 3.28. The molecular weight excluding hydrogens is 563 g/mol. The largest absolute Gasteiger partial charge is 0.489 e. The molecule has 2 aliphatic rings. The third-order valence-electron chi connectivity index (χ3n) is 7.92. The summed E-state index contributed by atoms with van der Waals surface area (Å²) in [5, 5.41) is 3.38. The first-order chi connectivity index (χ1) is 21.1. The van der Waals surface area contributed by atoms with Crippen molar-refractivity contribution >= 4 is 34.3 Å². The third kappa shape index (κ3) is 6.82. The molecule has 0 amide bonds. The summed E-state index contributed by atoms with van der Waals surface area (Å²) in [6.45, 7) is 9.83. The number of rotatable bonds is 7. The summed E-state index contributed by atoms with van der Waals surface area (Å²) < 4.78 is 31.3. The number of nitrogens with zero attached hydrogens (tertiary/aromatic N) is 5. The lowest BCUT2D eigenvalue weighted by Gasteiger charge is -2.26. The van der Waals surface area contributed by atoms with Gasteiger partial charge in [-0.25, -0.2) is 19.3 Å². The summed E-state index contributed by atoms with van der Waals surface area (Å²) >= 11 is 0. The number of aromatic nitrogens is 4. The minimum absolute atomic E-state index is 0.149. The number of carbonyl (C=O) groups excluding carboxylic acids is 1. The summed E-state index contributed by atoms with van der Waals surface area (Å²) in [7, 11) is 0. The molecule has 2 bridgehead atoms. The zero-order chi connectivity index (χ0) is 30.8. The highest BCUT2D eigenvalue weighted by molar-refractivity contribution is 5.90. The van der Waals surface area contributed by atoms with Gasteiger partial charge in [0.1, 0.15) is 34.8 Å². The van der Waals surface area contributed by atoms with Gasteiger partial charge >= 0.3 is 5.97 Å². The Bertz CT molecular complexity index is 1680. The number of carbonyl (C=O) groups is 1. The quantitative estimate of drug-likeness (QED) is 0.229. The van der Waals surface area contributed by atoms with E-state index in [0.29, 0.717) is 53.0 Å². The second-order valence-electron chi connectivity index (χ2n) is 12.5. The Balaban J connectivity index is 1.20. The Labute approximate surface area is 256 Å². The molecule has 0 spiro atoms. The van der Waals surface area contributed by atoms with E-state index in [1.807, 2.05) is 52.0 Å². The van der Waals surface area contributed by atoms with Crippen molar-refractivity contribution in [3.8, 4) is 17.2 Å². The van der Waals surface area contributed by atoms with E-state index in [9.17, 15) is 9.18 Å². The second kappa shape index (κ2) is 12.2. The molecule has 1 N–H and O–H groups in total. The topological polar surface area (TPSA) is 112 Å². The number of pyridine rings is 2. The van der Waals surface area contributed by atoms with E-state index >= 15 is 0 Å². The van der Waals surface area contributed by atoms with Crippen LogP contribution in [0.2, 0.25) is 0 Å². The van der Waals surface area contributed by atoms with Crippen molar-refractivity contribution in [2.45, 2.75) is 59.0 Å². The molecule has 4 aromatic rings. The fourth-order valence-electron chi connectivity index (χ4n) is 5.89. The number of esters is 1. The Kier molecular flexibility index (Phi) is 8.20. The number of hydrogen-bond acceptors (Lipinski definition) is 10. The first-order valence-corrected chi connectivity index (χ1v) is 15.0. The molecule has 5 heterocycles. The summed E-state index contributed by atoms with van der Waals surface area (Å²) in [6.07, 6.45) is 7.33.